The van der Waals surface area contributed by atoms with E-state index >= 15 is 0 Å². The number of carbonyl (C=O) groups excluding carboxylic acids is 1. The molecule has 42 heavy (non-hydrogen) atoms. The van der Waals surface area contributed by atoms with Gasteiger partial charge in [-0.15, -0.1) is 0 Å². The molecule has 0 aliphatic rings. The van der Waals surface area contributed by atoms with Gasteiger partial charge in [-0.25, -0.2) is 4.79 Å². The minimum absolute atomic E-state index is 0.345. The fraction of sp³-hybridized carbons (Fsp3) is 0.243. The monoisotopic (exact) mass is 573 g/mol. The number of carbonyl (C=O) groups is 1. The van der Waals surface area contributed by atoms with E-state index < -0.39 is 8.32 Å². The summed E-state index contributed by atoms with van der Waals surface area (Å²) in [5.74, 6) is 0.510. The number of hydrogen-bond donors (Lipinski definition) is 0. The number of ether oxygens (including phenoxy) is 1. The van der Waals surface area contributed by atoms with E-state index in [4.69, 9.17) is 9.16 Å². The van der Waals surface area contributed by atoms with Crippen molar-refractivity contribution in [1.82, 2.24) is 0 Å². The van der Waals surface area contributed by atoms with Crippen molar-refractivity contribution in [2.24, 2.45) is 0 Å². The minimum atomic E-state index is -2.42. The van der Waals surface area contributed by atoms with Crippen molar-refractivity contribution >= 4 is 20.4 Å². The Balaban J connectivity index is 1.71. The Morgan fingerprint density at radius 2 is 1.48 bits per heavy atom. The predicted octanol–water partition coefficient (Wildman–Crippen LogP) is 9.39. The van der Waals surface area contributed by atoms with Gasteiger partial charge in [0.05, 0.1) is 18.2 Å². The molecule has 214 valence electrons. The van der Waals surface area contributed by atoms with Crippen LogP contribution in [0.5, 0.6) is 5.75 Å². The van der Waals surface area contributed by atoms with Gasteiger partial charge in [0, 0.05) is 17.7 Å². The molecule has 0 atom stereocenters. The van der Waals surface area contributed by atoms with Crippen LogP contribution >= 0.6 is 0 Å². The molecule has 0 amide bonds. The third-order valence-electron chi connectivity index (χ3n) is 7.83. The summed E-state index contributed by atoms with van der Waals surface area (Å²) in [6.07, 6.45) is 3.25. The highest BCUT2D eigenvalue weighted by Gasteiger charge is 2.44. The van der Waals surface area contributed by atoms with Gasteiger partial charge in [0.25, 0.3) is 8.32 Å². The fourth-order valence-corrected chi connectivity index (χ4v) is 9.60. The first-order chi connectivity index (χ1) is 20.3. The lowest BCUT2D eigenvalue weighted by molar-refractivity contribution is -0.137. The van der Waals surface area contributed by atoms with Gasteiger partial charge in [-0.2, -0.15) is 5.26 Å². The average Bonchev–Trinajstić information content (AvgIpc) is 3.00. The molecule has 0 spiro atoms. The van der Waals surface area contributed by atoms with Crippen LogP contribution in [0.2, 0.25) is 11.1 Å². The molecular weight excluding hydrogens is 534 g/mol. The zero-order chi connectivity index (χ0) is 30.1. The first-order valence-electron chi connectivity index (χ1n) is 14.6. The Kier molecular flexibility index (Phi) is 10.2. The Morgan fingerprint density at radius 1 is 0.833 bits per heavy atom. The smallest absolute Gasteiger partial charge is 0.330 e. The molecule has 4 nitrogen and oxygen atoms in total. The van der Waals surface area contributed by atoms with E-state index in [9.17, 15) is 10.1 Å². The van der Waals surface area contributed by atoms with Gasteiger partial charge in [-0.3, -0.25) is 0 Å². The van der Waals surface area contributed by atoms with Crippen molar-refractivity contribution in [2.45, 2.75) is 51.7 Å². The van der Waals surface area contributed by atoms with Crippen LogP contribution in [0.15, 0.2) is 103 Å². The number of hydrogen-bond acceptors (Lipinski definition) is 4. The molecule has 0 fully saturated rings. The first-order valence-corrected chi connectivity index (χ1v) is 16.9. The lowest BCUT2D eigenvalue weighted by atomic mass is 10.00. The fourth-order valence-electron chi connectivity index (χ4n) is 5.44. The summed E-state index contributed by atoms with van der Waals surface area (Å²) in [7, 11) is -2.42. The van der Waals surface area contributed by atoms with Gasteiger partial charge in [-0.05, 0) is 70.1 Å². The standard InChI is InChI=1S/C37H39NO3Si/c1-6-40-37(39)23-19-29-18-22-36(35(24-29)31-12-8-7-9-13-31)41-42(27(2)3,28(4)5)26-30-16-20-32(21-17-30)34-15-11-10-14-33(34)25-38/h7-24,27-28H,6,26H2,1-5H3/b23-19+. The molecule has 4 aromatic rings. The molecule has 0 heterocycles. The molecule has 0 bridgehead atoms. The highest BCUT2D eigenvalue weighted by Crippen LogP contribution is 2.41. The summed E-state index contributed by atoms with van der Waals surface area (Å²) in [6.45, 7) is 11.3. The van der Waals surface area contributed by atoms with Crippen molar-refractivity contribution in [3.63, 3.8) is 0 Å². The predicted molar refractivity (Wildman–Crippen MR) is 174 cm³/mol. The third kappa shape index (κ3) is 7.08. The van der Waals surface area contributed by atoms with E-state index in [0.717, 1.165) is 39.6 Å². The van der Waals surface area contributed by atoms with Crippen LogP contribution in [0.3, 0.4) is 0 Å². The van der Waals surface area contributed by atoms with Crippen LogP contribution in [-0.2, 0) is 15.6 Å². The highest BCUT2D eigenvalue weighted by molar-refractivity contribution is 6.76. The van der Waals surface area contributed by atoms with Crippen LogP contribution in [0.25, 0.3) is 28.3 Å². The molecule has 0 saturated heterocycles. The maximum absolute atomic E-state index is 11.9. The lowest BCUT2D eigenvalue weighted by Crippen LogP contribution is -2.50. The van der Waals surface area contributed by atoms with Gasteiger partial charge in [-0.1, -0.05) is 107 Å². The number of benzene rings is 4. The number of nitrogens with zero attached hydrogens (tertiary/aromatic N) is 1. The second-order valence-corrected chi connectivity index (χ2v) is 15.9. The summed E-state index contributed by atoms with van der Waals surface area (Å²) >= 11 is 0. The number of rotatable bonds is 11. The topological polar surface area (TPSA) is 59.3 Å². The van der Waals surface area contributed by atoms with E-state index in [0.29, 0.717) is 23.3 Å². The van der Waals surface area contributed by atoms with Crippen molar-refractivity contribution in [1.29, 1.82) is 5.26 Å². The number of nitriles is 1. The quantitative estimate of drug-likeness (QED) is 0.102. The zero-order valence-corrected chi connectivity index (χ0v) is 26.1. The summed E-state index contributed by atoms with van der Waals surface area (Å²) < 4.78 is 12.3. The second-order valence-electron chi connectivity index (χ2n) is 11.1. The summed E-state index contributed by atoms with van der Waals surface area (Å²) in [5.41, 5.74) is 7.57. The molecule has 0 unspecified atom stereocenters. The molecule has 0 radical (unpaired) electrons. The van der Waals surface area contributed by atoms with E-state index in [-0.39, 0.29) is 5.97 Å². The highest BCUT2D eigenvalue weighted by atomic mass is 28.4. The summed E-state index contributed by atoms with van der Waals surface area (Å²) in [6, 6.07) is 35.9. The van der Waals surface area contributed by atoms with Crippen molar-refractivity contribution in [3.8, 4) is 34.1 Å². The molecule has 0 aliphatic heterocycles. The Labute approximate surface area is 251 Å². The van der Waals surface area contributed by atoms with Crippen molar-refractivity contribution < 1.29 is 14.0 Å². The molecule has 5 heteroatoms. The van der Waals surface area contributed by atoms with Gasteiger partial charge in [0.15, 0.2) is 0 Å². The normalized spacial score (nSPS) is 11.6. The van der Waals surface area contributed by atoms with E-state index in [1.165, 1.54) is 11.6 Å². The van der Waals surface area contributed by atoms with Crippen LogP contribution in [0.4, 0.5) is 0 Å². The number of esters is 1. The molecule has 0 aliphatic carbocycles. The molecule has 4 rings (SSSR count). The molecule has 0 N–H and O–H groups in total. The molecule has 0 saturated carbocycles. The van der Waals surface area contributed by atoms with E-state index in [2.05, 4.69) is 76.2 Å². The lowest BCUT2D eigenvalue weighted by Gasteiger charge is -2.40. The van der Waals surface area contributed by atoms with Gasteiger partial charge in [0.1, 0.15) is 5.75 Å². The van der Waals surface area contributed by atoms with E-state index in [1.54, 1.807) is 13.0 Å². The molecule has 4 aromatic carbocycles. The summed E-state index contributed by atoms with van der Waals surface area (Å²) in [5, 5.41) is 9.56. The van der Waals surface area contributed by atoms with Crippen LogP contribution in [0, 0.1) is 11.3 Å². The van der Waals surface area contributed by atoms with Gasteiger partial charge in [0.2, 0.25) is 0 Å². The Bertz CT molecular complexity index is 1560. The maximum atomic E-state index is 11.9. The molecular formula is C37H39NO3Si. The average molecular weight is 574 g/mol. The van der Waals surface area contributed by atoms with Crippen LogP contribution in [0.1, 0.15) is 51.3 Å². The van der Waals surface area contributed by atoms with Crippen LogP contribution in [-0.4, -0.2) is 20.9 Å². The van der Waals surface area contributed by atoms with Gasteiger partial charge >= 0.3 is 5.97 Å². The molecule has 0 aromatic heterocycles. The summed E-state index contributed by atoms with van der Waals surface area (Å²) in [4.78, 5) is 11.9. The second kappa shape index (κ2) is 14.0. The van der Waals surface area contributed by atoms with Gasteiger partial charge < -0.3 is 9.16 Å². The Hall–Kier alpha value is -4.40. The Morgan fingerprint density at radius 3 is 2.12 bits per heavy atom. The zero-order valence-electron chi connectivity index (χ0n) is 25.1. The SMILES string of the molecule is CCOC(=O)/C=C/c1ccc(O[Si](Cc2ccc(-c3ccccc3C#N)cc2)(C(C)C)C(C)C)c(-c2ccccc2)c1. The largest absolute Gasteiger partial charge is 0.542 e. The van der Waals surface area contributed by atoms with E-state index in [1.807, 2.05) is 54.6 Å². The van der Waals surface area contributed by atoms with Crippen molar-refractivity contribution in [2.75, 3.05) is 6.61 Å². The minimum Gasteiger partial charge on any atom is -0.542 e. The first kappa shape index (κ1) is 30.6. The maximum Gasteiger partial charge on any atom is 0.330 e. The van der Waals surface area contributed by atoms with Crippen molar-refractivity contribution in [3.05, 3.63) is 120 Å². The third-order valence-corrected chi connectivity index (χ3v) is 13.3. The van der Waals surface area contributed by atoms with Crippen LogP contribution < -0.4 is 4.43 Å².